The Morgan fingerprint density at radius 3 is 2.56 bits per heavy atom. The Kier molecular flexibility index (Phi) is 4.11. The van der Waals surface area contributed by atoms with Gasteiger partial charge in [-0.1, -0.05) is 6.07 Å². The summed E-state index contributed by atoms with van der Waals surface area (Å²) in [5.74, 6) is -0.824. The second-order valence-corrected chi connectivity index (χ2v) is 5.47. The maximum absolute atomic E-state index is 14.1. The van der Waals surface area contributed by atoms with E-state index in [0.29, 0.717) is 12.1 Å². The third kappa shape index (κ3) is 2.91. The number of hydrogen-bond acceptors (Lipinski definition) is 5. The van der Waals surface area contributed by atoms with E-state index in [4.69, 9.17) is 11.5 Å². The van der Waals surface area contributed by atoms with E-state index < -0.39 is 29.3 Å². The summed E-state index contributed by atoms with van der Waals surface area (Å²) in [6.45, 7) is 2.34. The van der Waals surface area contributed by atoms with Gasteiger partial charge in [0.05, 0.1) is 11.3 Å². The molecule has 9 heteroatoms. The van der Waals surface area contributed by atoms with E-state index in [1.807, 2.05) is 6.92 Å². The fourth-order valence-corrected chi connectivity index (χ4v) is 2.78. The number of guanidine groups is 1. The highest BCUT2D eigenvalue weighted by Gasteiger charge is 2.36. The van der Waals surface area contributed by atoms with Crippen LogP contribution in [0.5, 0.6) is 0 Å². The van der Waals surface area contributed by atoms with E-state index in [9.17, 15) is 17.6 Å². The minimum absolute atomic E-state index is 0.0866. The van der Waals surface area contributed by atoms with Gasteiger partial charge in [-0.3, -0.25) is 0 Å². The van der Waals surface area contributed by atoms with Crippen molar-refractivity contribution in [2.75, 3.05) is 6.54 Å². The Labute approximate surface area is 141 Å². The standard InChI is InChI=1S/C16H15F4N5/c1-2-25-13(21)8-6-7-11(23-14(8)24-15(25)22)12-9(16(18,19)20)4-3-5-10(12)17/h3-7,13H,2,21H2,1H3,(H2,22,23,24). The van der Waals surface area contributed by atoms with Crippen LogP contribution >= 0.6 is 0 Å². The number of nitrogens with two attached hydrogens (primary N) is 2. The maximum atomic E-state index is 14.1. The molecule has 3 rings (SSSR count). The van der Waals surface area contributed by atoms with Crippen LogP contribution < -0.4 is 11.5 Å². The van der Waals surface area contributed by atoms with Crippen molar-refractivity contribution in [2.45, 2.75) is 19.3 Å². The number of aliphatic imine (C=N–C) groups is 1. The molecule has 0 aliphatic carbocycles. The van der Waals surface area contributed by atoms with Crippen LogP contribution in [0.2, 0.25) is 0 Å². The number of fused-ring (bicyclic) bond motifs is 1. The lowest BCUT2D eigenvalue weighted by atomic mass is 10.0. The molecule has 0 saturated carbocycles. The van der Waals surface area contributed by atoms with Crippen molar-refractivity contribution >= 4 is 11.8 Å². The van der Waals surface area contributed by atoms with E-state index in [1.54, 1.807) is 4.90 Å². The van der Waals surface area contributed by atoms with Crippen LogP contribution in [0.4, 0.5) is 23.4 Å². The van der Waals surface area contributed by atoms with Crippen molar-refractivity contribution in [3.05, 3.63) is 47.3 Å². The van der Waals surface area contributed by atoms with Gasteiger partial charge in [0, 0.05) is 17.7 Å². The highest BCUT2D eigenvalue weighted by molar-refractivity contribution is 5.84. The average Bonchev–Trinajstić information content (AvgIpc) is 2.53. The first-order chi connectivity index (χ1) is 11.7. The van der Waals surface area contributed by atoms with Crippen LogP contribution in [0, 0.1) is 5.82 Å². The van der Waals surface area contributed by atoms with Gasteiger partial charge < -0.3 is 16.4 Å². The van der Waals surface area contributed by atoms with E-state index in [2.05, 4.69) is 9.98 Å². The number of alkyl halides is 3. The predicted octanol–water partition coefficient (Wildman–Crippen LogP) is 3.15. The number of halogens is 4. The third-order valence-corrected chi connectivity index (χ3v) is 3.99. The Morgan fingerprint density at radius 2 is 1.92 bits per heavy atom. The molecule has 0 radical (unpaired) electrons. The molecule has 0 amide bonds. The van der Waals surface area contributed by atoms with Crippen molar-refractivity contribution in [3.63, 3.8) is 0 Å². The number of pyridine rings is 1. The number of benzene rings is 1. The van der Waals surface area contributed by atoms with Gasteiger partial charge in [0.1, 0.15) is 12.0 Å². The topological polar surface area (TPSA) is 80.5 Å². The minimum atomic E-state index is -4.72. The molecule has 25 heavy (non-hydrogen) atoms. The molecule has 1 unspecified atom stereocenters. The number of aromatic nitrogens is 1. The summed E-state index contributed by atoms with van der Waals surface area (Å²) in [6.07, 6.45) is -5.34. The largest absolute Gasteiger partial charge is 0.417 e. The smallest absolute Gasteiger partial charge is 0.369 e. The van der Waals surface area contributed by atoms with Gasteiger partial charge in [0.25, 0.3) is 0 Å². The maximum Gasteiger partial charge on any atom is 0.417 e. The summed E-state index contributed by atoms with van der Waals surface area (Å²) in [7, 11) is 0. The second kappa shape index (κ2) is 5.99. The Balaban J connectivity index is 2.18. The lowest BCUT2D eigenvalue weighted by molar-refractivity contribution is -0.137. The molecule has 0 bridgehead atoms. The van der Waals surface area contributed by atoms with Crippen molar-refractivity contribution in [2.24, 2.45) is 16.5 Å². The average molecular weight is 353 g/mol. The van der Waals surface area contributed by atoms with Gasteiger partial charge in [-0.2, -0.15) is 18.2 Å². The van der Waals surface area contributed by atoms with Crippen molar-refractivity contribution < 1.29 is 17.6 Å². The molecule has 4 N–H and O–H groups in total. The van der Waals surface area contributed by atoms with Crippen LogP contribution in [-0.2, 0) is 6.18 Å². The molecule has 0 spiro atoms. The fourth-order valence-electron chi connectivity index (χ4n) is 2.78. The van der Waals surface area contributed by atoms with Crippen molar-refractivity contribution in [1.82, 2.24) is 9.88 Å². The normalized spacial score (nSPS) is 17.3. The molecule has 1 aliphatic heterocycles. The molecule has 132 valence electrons. The fraction of sp³-hybridized carbons (Fsp3) is 0.250. The molecular formula is C16H15F4N5. The van der Waals surface area contributed by atoms with Crippen LogP contribution in [0.3, 0.4) is 0 Å². The van der Waals surface area contributed by atoms with E-state index in [0.717, 1.165) is 18.2 Å². The lowest BCUT2D eigenvalue weighted by Gasteiger charge is -2.32. The molecule has 2 aromatic rings. The molecule has 1 atom stereocenters. The Morgan fingerprint density at radius 1 is 1.20 bits per heavy atom. The highest BCUT2D eigenvalue weighted by atomic mass is 19.4. The van der Waals surface area contributed by atoms with Gasteiger partial charge in [0.2, 0.25) is 0 Å². The molecule has 0 fully saturated rings. The van der Waals surface area contributed by atoms with E-state index in [-0.39, 0.29) is 17.5 Å². The second-order valence-electron chi connectivity index (χ2n) is 5.47. The molecule has 0 saturated heterocycles. The molecule has 5 nitrogen and oxygen atoms in total. The summed E-state index contributed by atoms with van der Waals surface area (Å²) in [4.78, 5) is 9.77. The van der Waals surface area contributed by atoms with E-state index >= 15 is 0 Å². The molecule has 1 aromatic heterocycles. The summed E-state index contributed by atoms with van der Waals surface area (Å²) < 4.78 is 53.8. The van der Waals surface area contributed by atoms with Crippen LogP contribution in [0.25, 0.3) is 11.3 Å². The first-order valence-electron chi connectivity index (χ1n) is 7.47. The van der Waals surface area contributed by atoms with Crippen molar-refractivity contribution in [3.8, 4) is 11.3 Å². The number of hydrogen-bond donors (Lipinski definition) is 2. The summed E-state index contributed by atoms with van der Waals surface area (Å²) in [5.41, 5.74) is 10.5. The van der Waals surface area contributed by atoms with Gasteiger partial charge >= 0.3 is 6.18 Å². The number of nitrogens with zero attached hydrogens (tertiary/aromatic N) is 3. The summed E-state index contributed by atoms with van der Waals surface area (Å²) in [6, 6.07) is 5.56. The Hall–Kier alpha value is -2.68. The molecule has 1 aliphatic rings. The van der Waals surface area contributed by atoms with Gasteiger partial charge in [0.15, 0.2) is 11.8 Å². The van der Waals surface area contributed by atoms with Crippen molar-refractivity contribution in [1.29, 1.82) is 0 Å². The van der Waals surface area contributed by atoms with Gasteiger partial charge in [-0.25, -0.2) is 9.37 Å². The summed E-state index contributed by atoms with van der Waals surface area (Å²) >= 11 is 0. The zero-order valence-electron chi connectivity index (χ0n) is 13.2. The summed E-state index contributed by atoms with van der Waals surface area (Å²) in [5, 5.41) is 0. The molecular weight excluding hydrogens is 338 g/mol. The quantitative estimate of drug-likeness (QED) is 0.813. The van der Waals surface area contributed by atoms with Gasteiger partial charge in [-0.15, -0.1) is 0 Å². The van der Waals surface area contributed by atoms with Crippen LogP contribution in [0.1, 0.15) is 24.2 Å². The van der Waals surface area contributed by atoms with Crippen LogP contribution in [0.15, 0.2) is 35.3 Å². The van der Waals surface area contributed by atoms with E-state index in [1.165, 1.54) is 12.1 Å². The molecule has 2 heterocycles. The monoisotopic (exact) mass is 353 g/mol. The van der Waals surface area contributed by atoms with Gasteiger partial charge in [-0.05, 0) is 31.2 Å². The number of rotatable bonds is 2. The highest BCUT2D eigenvalue weighted by Crippen LogP contribution is 2.39. The Bertz CT molecular complexity index is 847. The lowest BCUT2D eigenvalue weighted by Crippen LogP contribution is -2.45. The zero-order valence-corrected chi connectivity index (χ0v) is 13.2. The SMILES string of the molecule is CCN1C(N)=Nc2nc(-c3c(F)cccc3C(F)(F)F)ccc2C1N. The van der Waals surface area contributed by atoms with Crippen LogP contribution in [-0.4, -0.2) is 22.4 Å². The minimum Gasteiger partial charge on any atom is -0.369 e. The predicted molar refractivity (Wildman–Crippen MR) is 85.2 cm³/mol. The zero-order chi connectivity index (χ0) is 18.4. The first kappa shape index (κ1) is 17.2. The third-order valence-electron chi connectivity index (χ3n) is 3.99. The first-order valence-corrected chi connectivity index (χ1v) is 7.47. The molecule has 1 aromatic carbocycles.